The van der Waals surface area contributed by atoms with Crippen molar-refractivity contribution in [2.45, 2.75) is 19.9 Å². The number of carbonyl (C=O) groups is 2. The summed E-state index contributed by atoms with van der Waals surface area (Å²) in [6, 6.07) is 20.0. The number of amides is 2. The normalized spacial score (nSPS) is 15.6. The first-order valence-electron chi connectivity index (χ1n) is 11.7. The summed E-state index contributed by atoms with van der Waals surface area (Å²) in [5, 5.41) is 8.31. The zero-order valence-electron chi connectivity index (χ0n) is 19.8. The van der Waals surface area contributed by atoms with E-state index in [2.05, 4.69) is 26.5 Å². The van der Waals surface area contributed by atoms with Crippen LogP contribution in [0.5, 0.6) is 0 Å². The van der Waals surface area contributed by atoms with Crippen molar-refractivity contribution in [3.63, 3.8) is 0 Å². The third-order valence-corrected chi connectivity index (χ3v) is 7.15. The van der Waals surface area contributed by atoms with Crippen molar-refractivity contribution in [3.05, 3.63) is 87.6 Å². The molecule has 0 unspecified atom stereocenters. The van der Waals surface area contributed by atoms with Crippen molar-refractivity contribution >= 4 is 28.8 Å². The molecule has 0 bridgehead atoms. The number of hydrogen-bond acceptors (Lipinski definition) is 5. The Morgan fingerprint density at radius 1 is 0.824 bits per heavy atom. The molecule has 1 aliphatic heterocycles. The molecule has 1 aromatic heterocycles. The van der Waals surface area contributed by atoms with E-state index in [4.69, 9.17) is 0 Å². The van der Waals surface area contributed by atoms with Gasteiger partial charge in [0.1, 0.15) is 0 Å². The second-order valence-corrected chi connectivity index (χ2v) is 9.77. The van der Waals surface area contributed by atoms with E-state index in [1.165, 1.54) is 0 Å². The Labute approximate surface area is 205 Å². The Balaban J connectivity index is 1.26. The summed E-state index contributed by atoms with van der Waals surface area (Å²) >= 11 is 1.65. The van der Waals surface area contributed by atoms with E-state index in [9.17, 15) is 9.59 Å². The number of piperazine rings is 1. The maximum absolute atomic E-state index is 12.9. The molecule has 34 heavy (non-hydrogen) atoms. The van der Waals surface area contributed by atoms with Crippen LogP contribution >= 0.6 is 11.3 Å². The Kier molecular flexibility index (Phi) is 8.11. The van der Waals surface area contributed by atoms with Gasteiger partial charge >= 0.3 is 0 Å². The predicted molar refractivity (Wildman–Crippen MR) is 138 cm³/mol. The molecule has 7 heteroatoms. The lowest BCUT2D eigenvalue weighted by atomic mass is 10.1. The number of benzene rings is 2. The number of nitrogens with zero attached hydrogens (tertiary/aromatic N) is 2. The average molecular weight is 477 g/mol. The first-order valence-corrected chi connectivity index (χ1v) is 12.6. The van der Waals surface area contributed by atoms with Gasteiger partial charge in [-0.1, -0.05) is 54.6 Å². The Morgan fingerprint density at radius 3 is 2.03 bits per heavy atom. The van der Waals surface area contributed by atoms with Crippen LogP contribution in [0.2, 0.25) is 0 Å². The number of aryl methyl sites for hydroxylation is 2. The summed E-state index contributed by atoms with van der Waals surface area (Å²) in [6.07, 6.45) is 0. The molecule has 2 amide bonds. The minimum atomic E-state index is -0.136. The number of hydrogen-bond donors (Lipinski definition) is 2. The summed E-state index contributed by atoms with van der Waals surface area (Å²) in [5.41, 5.74) is 4.13. The molecule has 0 saturated carbocycles. The lowest BCUT2D eigenvalue weighted by Crippen LogP contribution is -2.51. The van der Waals surface area contributed by atoms with Gasteiger partial charge in [-0.25, -0.2) is 0 Å². The molecular weight excluding hydrogens is 444 g/mol. The maximum atomic E-state index is 12.9. The van der Waals surface area contributed by atoms with Gasteiger partial charge in [0.25, 0.3) is 0 Å². The largest absolute Gasteiger partial charge is 0.343 e. The summed E-state index contributed by atoms with van der Waals surface area (Å²) in [6.45, 7) is 7.79. The molecular formula is C27H32N4O2S. The zero-order chi connectivity index (χ0) is 23.9. The minimum absolute atomic E-state index is 0.00486. The van der Waals surface area contributed by atoms with Crippen molar-refractivity contribution < 1.29 is 9.59 Å². The molecule has 1 fully saturated rings. The van der Waals surface area contributed by atoms with E-state index in [0.29, 0.717) is 13.1 Å². The van der Waals surface area contributed by atoms with Crippen LogP contribution in [0.3, 0.4) is 0 Å². The Morgan fingerprint density at radius 2 is 1.44 bits per heavy atom. The Bertz CT molecular complexity index is 1070. The molecule has 1 atom stereocenters. The molecule has 1 saturated heterocycles. The zero-order valence-corrected chi connectivity index (χ0v) is 20.6. The molecule has 178 valence electrons. The van der Waals surface area contributed by atoms with Crippen LogP contribution in [-0.4, -0.2) is 60.9 Å². The van der Waals surface area contributed by atoms with Crippen molar-refractivity contribution in [1.82, 2.24) is 15.1 Å². The van der Waals surface area contributed by atoms with Gasteiger partial charge in [-0.15, -0.1) is 11.3 Å². The topological polar surface area (TPSA) is 64.7 Å². The van der Waals surface area contributed by atoms with Crippen LogP contribution in [0.15, 0.2) is 66.0 Å². The lowest BCUT2D eigenvalue weighted by molar-refractivity contribution is -0.124. The van der Waals surface area contributed by atoms with E-state index < -0.39 is 0 Å². The van der Waals surface area contributed by atoms with E-state index in [-0.39, 0.29) is 17.9 Å². The summed E-state index contributed by atoms with van der Waals surface area (Å²) < 4.78 is 0. The number of nitrogens with one attached hydrogen (secondary N) is 2. The van der Waals surface area contributed by atoms with Gasteiger partial charge in [0.15, 0.2) is 0 Å². The van der Waals surface area contributed by atoms with Gasteiger partial charge in [-0.3, -0.25) is 19.4 Å². The third kappa shape index (κ3) is 6.32. The first kappa shape index (κ1) is 24.1. The van der Waals surface area contributed by atoms with Crippen LogP contribution < -0.4 is 10.6 Å². The van der Waals surface area contributed by atoms with Crippen LogP contribution in [0.25, 0.3) is 0 Å². The Hall–Kier alpha value is -3.00. The SMILES string of the molecule is Cc1cccc(C)c1NC(=O)CN1CCN(CC(=O)N[C@@H](c2ccccc2)c2cccs2)CC1. The fourth-order valence-corrected chi connectivity index (χ4v) is 5.13. The van der Waals surface area contributed by atoms with Gasteiger partial charge < -0.3 is 10.6 Å². The summed E-state index contributed by atoms with van der Waals surface area (Å²) in [4.78, 5) is 30.9. The standard InChI is InChI=1S/C27H32N4O2S/c1-20-8-6-9-21(2)26(20)28-24(32)18-30-13-15-31(16-14-30)19-25(33)29-27(23-12-7-17-34-23)22-10-4-3-5-11-22/h3-12,17,27H,13-16,18-19H2,1-2H3,(H,28,32)(H,29,33)/t27-/m0/s1. The van der Waals surface area contributed by atoms with Gasteiger partial charge in [0.05, 0.1) is 19.1 Å². The van der Waals surface area contributed by atoms with Gasteiger partial charge in [0, 0.05) is 36.7 Å². The third-order valence-electron chi connectivity index (χ3n) is 6.21. The van der Waals surface area contributed by atoms with E-state index in [0.717, 1.165) is 53.4 Å². The molecule has 1 aliphatic rings. The van der Waals surface area contributed by atoms with Gasteiger partial charge in [-0.2, -0.15) is 0 Å². The fourth-order valence-electron chi connectivity index (χ4n) is 4.33. The average Bonchev–Trinajstić information content (AvgIpc) is 3.37. The second-order valence-electron chi connectivity index (χ2n) is 8.79. The lowest BCUT2D eigenvalue weighted by Gasteiger charge is -2.34. The minimum Gasteiger partial charge on any atom is -0.343 e. The molecule has 6 nitrogen and oxygen atoms in total. The molecule has 0 spiro atoms. The van der Waals surface area contributed by atoms with Crippen LogP contribution in [0.1, 0.15) is 27.6 Å². The highest BCUT2D eigenvalue weighted by atomic mass is 32.1. The molecule has 0 radical (unpaired) electrons. The molecule has 0 aliphatic carbocycles. The van der Waals surface area contributed by atoms with Gasteiger partial charge in [-0.05, 0) is 42.0 Å². The fraction of sp³-hybridized carbons (Fsp3) is 0.333. The predicted octanol–water partition coefficient (Wildman–Crippen LogP) is 3.83. The molecule has 2 aromatic carbocycles. The molecule has 3 aromatic rings. The highest BCUT2D eigenvalue weighted by Crippen LogP contribution is 2.26. The number of carbonyl (C=O) groups excluding carboxylic acids is 2. The van der Waals surface area contributed by atoms with Crippen LogP contribution in [0.4, 0.5) is 5.69 Å². The molecule has 2 N–H and O–H groups in total. The van der Waals surface area contributed by atoms with Crippen molar-refractivity contribution in [2.24, 2.45) is 0 Å². The van der Waals surface area contributed by atoms with Crippen LogP contribution in [-0.2, 0) is 9.59 Å². The van der Waals surface area contributed by atoms with Crippen molar-refractivity contribution in [3.8, 4) is 0 Å². The number of anilines is 1. The van der Waals surface area contributed by atoms with Gasteiger partial charge in [0.2, 0.25) is 11.8 Å². The first-order chi connectivity index (χ1) is 16.5. The molecule has 2 heterocycles. The van der Waals surface area contributed by atoms with Crippen LogP contribution in [0, 0.1) is 13.8 Å². The number of para-hydroxylation sites is 1. The highest BCUT2D eigenvalue weighted by Gasteiger charge is 2.23. The summed E-state index contributed by atoms with van der Waals surface area (Å²) in [5.74, 6) is 0.0220. The number of rotatable bonds is 8. The monoisotopic (exact) mass is 476 g/mol. The smallest absolute Gasteiger partial charge is 0.238 e. The number of thiophene rings is 1. The van der Waals surface area contributed by atoms with Crippen molar-refractivity contribution in [1.29, 1.82) is 0 Å². The highest BCUT2D eigenvalue weighted by molar-refractivity contribution is 7.10. The van der Waals surface area contributed by atoms with E-state index >= 15 is 0 Å². The van der Waals surface area contributed by atoms with E-state index in [1.807, 2.05) is 73.8 Å². The summed E-state index contributed by atoms with van der Waals surface area (Å²) in [7, 11) is 0. The molecule has 4 rings (SSSR count). The van der Waals surface area contributed by atoms with Crippen molar-refractivity contribution in [2.75, 3.05) is 44.6 Å². The van der Waals surface area contributed by atoms with E-state index in [1.54, 1.807) is 11.3 Å². The second kappa shape index (κ2) is 11.4. The maximum Gasteiger partial charge on any atom is 0.238 e. The quantitative estimate of drug-likeness (QED) is 0.519.